The molecule has 0 aliphatic heterocycles. The number of aromatic nitrogens is 2. The molecule has 1 rings (SSSR count). The average molecular weight is 231 g/mol. The Bertz CT molecular complexity index is 303. The molecule has 0 bridgehead atoms. The van der Waals surface area contributed by atoms with E-state index in [0.717, 1.165) is 13.1 Å². The van der Waals surface area contributed by atoms with Gasteiger partial charge in [0.25, 0.3) is 0 Å². The summed E-state index contributed by atoms with van der Waals surface area (Å²) >= 11 is 3.13. The molecule has 0 spiro atoms. The van der Waals surface area contributed by atoms with Crippen LogP contribution in [-0.2, 0) is 13.1 Å². The van der Waals surface area contributed by atoms with E-state index in [2.05, 4.69) is 52.4 Å². The fourth-order valence-corrected chi connectivity index (χ4v) is 2.68. The summed E-state index contributed by atoms with van der Waals surface area (Å²) in [6, 6.07) is 0. The van der Waals surface area contributed by atoms with Gasteiger partial charge in [0.1, 0.15) is 0 Å². The van der Waals surface area contributed by atoms with Crippen molar-refractivity contribution < 1.29 is 0 Å². The molecule has 68 valence electrons. The van der Waals surface area contributed by atoms with Crippen molar-refractivity contribution in [2.24, 2.45) is 0 Å². The van der Waals surface area contributed by atoms with Gasteiger partial charge in [-0.05, 0) is 0 Å². The molecule has 0 atom stereocenters. The molecule has 12 heavy (non-hydrogen) atoms. The van der Waals surface area contributed by atoms with Crippen molar-refractivity contribution in [2.75, 3.05) is 0 Å². The first-order valence-corrected chi connectivity index (χ1v) is 5.25. The van der Waals surface area contributed by atoms with Gasteiger partial charge in [-0.15, -0.1) is 0 Å². The molecular formula is C9H16N2Se. The molecule has 1 aromatic heterocycles. The third-order valence-corrected chi connectivity index (χ3v) is 3.35. The van der Waals surface area contributed by atoms with Gasteiger partial charge in [-0.3, -0.25) is 0 Å². The van der Waals surface area contributed by atoms with E-state index in [4.69, 9.17) is 0 Å². The first-order chi connectivity index (χ1) is 5.63. The summed E-state index contributed by atoms with van der Waals surface area (Å²) < 4.78 is 5.85. The Labute approximate surface area is 81.6 Å². The molecule has 0 unspecified atom stereocenters. The van der Waals surface area contributed by atoms with Gasteiger partial charge in [0, 0.05) is 0 Å². The third kappa shape index (κ3) is 1.32. The normalized spacial score (nSPS) is 10.7. The fourth-order valence-electron chi connectivity index (χ4n) is 1.57. The minimum absolute atomic E-state index is 1.04. The topological polar surface area (TPSA) is 9.86 Å². The number of hydrogen-bond donors (Lipinski definition) is 0. The van der Waals surface area contributed by atoms with Crippen LogP contribution in [0.4, 0.5) is 0 Å². The Kier molecular flexibility index (Phi) is 2.97. The van der Waals surface area contributed by atoms with Crippen LogP contribution >= 0.6 is 0 Å². The number of rotatable bonds is 2. The molecule has 0 aromatic carbocycles. The van der Waals surface area contributed by atoms with Gasteiger partial charge in [-0.25, -0.2) is 0 Å². The van der Waals surface area contributed by atoms with Crippen molar-refractivity contribution in [3.8, 4) is 0 Å². The summed E-state index contributed by atoms with van der Waals surface area (Å²) in [5, 5.41) is 0. The van der Waals surface area contributed by atoms with Gasteiger partial charge in [-0.1, -0.05) is 0 Å². The second-order valence-electron chi connectivity index (χ2n) is 2.94. The van der Waals surface area contributed by atoms with E-state index in [1.54, 1.807) is 0 Å². The molecule has 0 saturated heterocycles. The van der Waals surface area contributed by atoms with Crippen molar-refractivity contribution in [3.05, 3.63) is 15.7 Å². The van der Waals surface area contributed by atoms with E-state index in [0.29, 0.717) is 0 Å². The molecule has 0 radical (unpaired) electrons. The molecule has 0 aliphatic rings. The third-order valence-electron chi connectivity index (χ3n) is 2.43. The predicted octanol–water partition coefficient (Wildman–Crippen LogP) is 1.65. The molecule has 0 saturated carbocycles. The maximum atomic E-state index is 3.13. The van der Waals surface area contributed by atoms with Crippen molar-refractivity contribution in [2.45, 2.75) is 40.8 Å². The first kappa shape index (κ1) is 9.81. The Morgan fingerprint density at radius 1 is 1.00 bits per heavy atom. The van der Waals surface area contributed by atoms with Crippen molar-refractivity contribution in [3.63, 3.8) is 0 Å². The van der Waals surface area contributed by atoms with Gasteiger partial charge in [0.2, 0.25) is 0 Å². The monoisotopic (exact) mass is 232 g/mol. The number of hydrogen-bond acceptors (Lipinski definition) is 0. The zero-order valence-corrected chi connectivity index (χ0v) is 9.93. The second-order valence-corrected chi connectivity index (χ2v) is 3.71. The summed E-state index contributed by atoms with van der Waals surface area (Å²) in [7, 11) is 0. The van der Waals surface area contributed by atoms with Crippen LogP contribution in [0.25, 0.3) is 0 Å². The summed E-state index contributed by atoms with van der Waals surface area (Å²) in [5.74, 6) is 0. The van der Waals surface area contributed by atoms with Crippen LogP contribution in [0.2, 0.25) is 0 Å². The van der Waals surface area contributed by atoms with Gasteiger partial charge in [-0.2, -0.15) is 0 Å². The average Bonchev–Trinajstić information content (AvgIpc) is 2.25. The van der Waals surface area contributed by atoms with Gasteiger partial charge < -0.3 is 0 Å². The van der Waals surface area contributed by atoms with E-state index >= 15 is 0 Å². The molecule has 2 nitrogen and oxygen atoms in total. The second kappa shape index (κ2) is 3.63. The molecular weight excluding hydrogens is 215 g/mol. The molecule has 1 heterocycles. The van der Waals surface area contributed by atoms with E-state index in [1.807, 2.05) is 0 Å². The predicted molar refractivity (Wildman–Crippen MR) is 52.2 cm³/mol. The summed E-state index contributed by atoms with van der Waals surface area (Å²) in [6.07, 6.45) is 0. The fraction of sp³-hybridized carbons (Fsp3) is 0.667. The standard InChI is InChI=1S/C9H16N2Se/c1-5-10-7(3)8(4)11(6-2)9(10)12/h5-6H2,1-4H3. The number of nitrogens with zero attached hydrogens (tertiary/aromatic N) is 2. The van der Waals surface area contributed by atoms with Gasteiger partial charge >= 0.3 is 81.2 Å². The zero-order valence-electron chi connectivity index (χ0n) is 8.22. The van der Waals surface area contributed by atoms with Gasteiger partial charge in [0.05, 0.1) is 0 Å². The molecule has 0 aliphatic carbocycles. The van der Waals surface area contributed by atoms with E-state index in [1.165, 1.54) is 15.7 Å². The minimum atomic E-state index is 1.04. The van der Waals surface area contributed by atoms with E-state index in [9.17, 15) is 0 Å². The summed E-state index contributed by atoms with van der Waals surface area (Å²) in [6.45, 7) is 10.8. The first-order valence-electron chi connectivity index (χ1n) is 4.40. The Hall–Kier alpha value is -0.271. The van der Waals surface area contributed by atoms with E-state index in [-0.39, 0.29) is 0 Å². The summed E-state index contributed by atoms with van der Waals surface area (Å²) in [4.78, 5) is 0. The van der Waals surface area contributed by atoms with E-state index < -0.39 is 0 Å². The quantitative estimate of drug-likeness (QED) is 0.685. The SMILES string of the molecule is CCn1c(C)c(C)n(CC)c1=[Se]. The van der Waals surface area contributed by atoms with Crippen LogP contribution in [0, 0.1) is 18.2 Å². The van der Waals surface area contributed by atoms with Crippen LogP contribution in [0.15, 0.2) is 0 Å². The van der Waals surface area contributed by atoms with Crippen LogP contribution < -0.4 is 0 Å². The Balaban J connectivity index is 3.43. The zero-order chi connectivity index (χ0) is 9.30. The van der Waals surface area contributed by atoms with Crippen molar-refractivity contribution in [1.82, 2.24) is 9.13 Å². The summed E-state index contributed by atoms with van der Waals surface area (Å²) in [5.41, 5.74) is 2.74. The molecule has 0 amide bonds. The number of imidazole rings is 1. The van der Waals surface area contributed by atoms with Crippen molar-refractivity contribution in [1.29, 1.82) is 0 Å². The van der Waals surface area contributed by atoms with Crippen molar-refractivity contribution >= 4 is 15.6 Å². The van der Waals surface area contributed by atoms with Crippen LogP contribution in [0.3, 0.4) is 0 Å². The molecule has 3 heteroatoms. The van der Waals surface area contributed by atoms with Gasteiger partial charge in [0.15, 0.2) is 0 Å². The Morgan fingerprint density at radius 2 is 1.33 bits per heavy atom. The molecule has 0 fully saturated rings. The molecule has 0 N–H and O–H groups in total. The van der Waals surface area contributed by atoms with Crippen LogP contribution in [-0.4, -0.2) is 24.7 Å². The van der Waals surface area contributed by atoms with Crippen LogP contribution in [0.1, 0.15) is 25.2 Å². The Morgan fingerprint density at radius 3 is 1.50 bits per heavy atom. The van der Waals surface area contributed by atoms with Crippen LogP contribution in [0.5, 0.6) is 0 Å². The molecule has 1 aromatic rings. The maximum absolute atomic E-state index is 3.13.